The summed E-state index contributed by atoms with van der Waals surface area (Å²) in [6.45, 7) is 2.59. The number of amides is 3. The second kappa shape index (κ2) is 7.77. The van der Waals surface area contributed by atoms with Crippen molar-refractivity contribution in [2.75, 3.05) is 28.7 Å². The summed E-state index contributed by atoms with van der Waals surface area (Å²) in [7, 11) is 0. The van der Waals surface area contributed by atoms with Crippen molar-refractivity contribution < 1.29 is 19.1 Å². The third-order valence-electron chi connectivity index (χ3n) is 4.13. The maximum atomic E-state index is 12.4. The molecule has 1 fully saturated rings. The fourth-order valence-corrected chi connectivity index (χ4v) is 2.68. The van der Waals surface area contributed by atoms with E-state index < -0.39 is 11.9 Å². The van der Waals surface area contributed by atoms with Crippen molar-refractivity contribution in [3.05, 3.63) is 54.1 Å². The normalized spacial score (nSPS) is 14.4. The van der Waals surface area contributed by atoms with E-state index >= 15 is 0 Å². The van der Waals surface area contributed by atoms with Crippen LogP contribution in [0.4, 0.5) is 21.9 Å². The first-order valence-corrected chi connectivity index (χ1v) is 8.45. The van der Waals surface area contributed by atoms with Crippen LogP contribution in [0.3, 0.4) is 0 Å². The van der Waals surface area contributed by atoms with E-state index in [0.29, 0.717) is 35.8 Å². The molecule has 1 heterocycles. The highest BCUT2D eigenvalue weighted by Crippen LogP contribution is 2.23. The zero-order chi connectivity index (χ0) is 19.4. The van der Waals surface area contributed by atoms with Gasteiger partial charge in [-0.2, -0.15) is 0 Å². The van der Waals surface area contributed by atoms with Crippen molar-refractivity contribution in [1.82, 2.24) is 0 Å². The number of carbonyl (C=O) groups is 3. The highest BCUT2D eigenvalue weighted by molar-refractivity contribution is 5.97. The summed E-state index contributed by atoms with van der Waals surface area (Å²) in [6.07, 6.45) is -0.377. The van der Waals surface area contributed by atoms with E-state index in [1.165, 1.54) is 4.90 Å². The second-order valence-corrected chi connectivity index (χ2v) is 6.11. The Bertz CT molecular complexity index is 866. The van der Waals surface area contributed by atoms with E-state index in [2.05, 4.69) is 10.6 Å². The van der Waals surface area contributed by atoms with E-state index in [9.17, 15) is 14.4 Å². The summed E-state index contributed by atoms with van der Waals surface area (Å²) < 4.78 is 4.94. The lowest BCUT2D eigenvalue weighted by molar-refractivity contribution is -0.116. The molecule has 27 heavy (non-hydrogen) atoms. The van der Waals surface area contributed by atoms with Gasteiger partial charge in [0.2, 0.25) is 11.8 Å². The Kier molecular flexibility index (Phi) is 5.25. The van der Waals surface area contributed by atoms with Crippen LogP contribution in [-0.4, -0.2) is 37.1 Å². The molecule has 1 aliphatic heterocycles. The van der Waals surface area contributed by atoms with Crippen molar-refractivity contribution in [3.8, 4) is 0 Å². The molecular weight excluding hydrogens is 348 g/mol. The minimum atomic E-state index is -0.526. The molecule has 0 bridgehead atoms. The van der Waals surface area contributed by atoms with Gasteiger partial charge in [0, 0.05) is 22.6 Å². The Balaban J connectivity index is 1.62. The molecule has 1 atom stereocenters. The van der Waals surface area contributed by atoms with Gasteiger partial charge in [0.05, 0.1) is 6.54 Å². The topological polar surface area (TPSA) is 114 Å². The summed E-state index contributed by atoms with van der Waals surface area (Å²) in [5.74, 6) is -0.766. The number of hydrogen-bond acceptors (Lipinski definition) is 5. The number of hydrogen-bond donors (Lipinski definition) is 3. The van der Waals surface area contributed by atoms with Crippen LogP contribution in [0.15, 0.2) is 48.5 Å². The zero-order valence-electron chi connectivity index (χ0n) is 14.8. The summed E-state index contributed by atoms with van der Waals surface area (Å²) in [5, 5.41) is 5.87. The fraction of sp³-hybridized carbons (Fsp3) is 0.211. The summed E-state index contributed by atoms with van der Waals surface area (Å²) in [6, 6.07) is 13.0. The average Bonchev–Trinajstić information content (AvgIpc) is 3.08. The van der Waals surface area contributed by atoms with Crippen LogP contribution in [0.2, 0.25) is 0 Å². The molecule has 0 spiro atoms. The SMILES string of the molecule is CC(Nc1cccc(N2CCOC2=O)c1)C(=O)Nc1ccc(C(N)=O)cc1. The monoisotopic (exact) mass is 368 g/mol. The average molecular weight is 368 g/mol. The van der Waals surface area contributed by atoms with Gasteiger partial charge in [-0.15, -0.1) is 0 Å². The lowest BCUT2D eigenvalue weighted by atomic mass is 10.2. The molecule has 4 N–H and O–H groups in total. The van der Waals surface area contributed by atoms with Gasteiger partial charge in [-0.3, -0.25) is 14.5 Å². The first-order valence-electron chi connectivity index (χ1n) is 8.45. The first-order chi connectivity index (χ1) is 12.9. The van der Waals surface area contributed by atoms with Crippen LogP contribution < -0.4 is 21.3 Å². The number of ether oxygens (including phenoxy) is 1. The quantitative estimate of drug-likeness (QED) is 0.723. The number of primary amides is 1. The van der Waals surface area contributed by atoms with Crippen molar-refractivity contribution in [1.29, 1.82) is 0 Å². The zero-order valence-corrected chi connectivity index (χ0v) is 14.8. The highest BCUT2D eigenvalue weighted by Gasteiger charge is 2.23. The Hall–Kier alpha value is -3.55. The maximum absolute atomic E-state index is 12.4. The number of nitrogens with zero attached hydrogens (tertiary/aromatic N) is 1. The molecule has 8 heteroatoms. The molecule has 0 radical (unpaired) electrons. The standard InChI is InChI=1S/C19H20N4O4/c1-12(18(25)22-14-7-5-13(6-8-14)17(20)24)21-15-3-2-4-16(11-15)23-9-10-27-19(23)26/h2-8,11-12,21H,9-10H2,1H3,(H2,20,24)(H,22,25). The van der Waals surface area contributed by atoms with Gasteiger partial charge in [0.15, 0.2) is 0 Å². The third kappa shape index (κ3) is 4.35. The van der Waals surface area contributed by atoms with Crippen LogP contribution in [0.5, 0.6) is 0 Å². The molecule has 0 aromatic heterocycles. The van der Waals surface area contributed by atoms with E-state index in [0.717, 1.165) is 0 Å². The number of benzene rings is 2. The van der Waals surface area contributed by atoms with Gasteiger partial charge in [-0.05, 0) is 49.4 Å². The van der Waals surface area contributed by atoms with Crippen LogP contribution >= 0.6 is 0 Å². The predicted octanol–water partition coefficient (Wildman–Crippen LogP) is 2.18. The number of cyclic esters (lactones) is 1. The Morgan fingerprint density at radius 3 is 2.52 bits per heavy atom. The van der Waals surface area contributed by atoms with Crippen molar-refractivity contribution in [2.45, 2.75) is 13.0 Å². The lowest BCUT2D eigenvalue weighted by Gasteiger charge is -2.18. The molecule has 2 aromatic carbocycles. The Labute approximate surface area is 156 Å². The Morgan fingerprint density at radius 2 is 1.89 bits per heavy atom. The second-order valence-electron chi connectivity index (χ2n) is 6.11. The smallest absolute Gasteiger partial charge is 0.414 e. The van der Waals surface area contributed by atoms with Crippen LogP contribution in [0.1, 0.15) is 17.3 Å². The van der Waals surface area contributed by atoms with Crippen molar-refractivity contribution >= 4 is 35.0 Å². The molecule has 3 amide bonds. The molecular formula is C19H20N4O4. The lowest BCUT2D eigenvalue weighted by Crippen LogP contribution is -2.32. The summed E-state index contributed by atoms with van der Waals surface area (Å²) in [4.78, 5) is 36.7. The molecule has 1 unspecified atom stereocenters. The largest absolute Gasteiger partial charge is 0.447 e. The third-order valence-corrected chi connectivity index (χ3v) is 4.13. The van der Waals surface area contributed by atoms with Gasteiger partial charge in [-0.25, -0.2) is 4.79 Å². The first kappa shape index (κ1) is 18.2. The van der Waals surface area contributed by atoms with Crippen molar-refractivity contribution in [3.63, 3.8) is 0 Å². The van der Waals surface area contributed by atoms with E-state index in [1.54, 1.807) is 43.3 Å². The van der Waals surface area contributed by atoms with Crippen LogP contribution in [0, 0.1) is 0 Å². The maximum Gasteiger partial charge on any atom is 0.414 e. The minimum Gasteiger partial charge on any atom is -0.447 e. The van der Waals surface area contributed by atoms with E-state index in [-0.39, 0.29) is 12.0 Å². The molecule has 8 nitrogen and oxygen atoms in total. The molecule has 140 valence electrons. The molecule has 3 rings (SSSR count). The fourth-order valence-electron chi connectivity index (χ4n) is 2.68. The number of nitrogens with one attached hydrogen (secondary N) is 2. The summed E-state index contributed by atoms with van der Waals surface area (Å²) in [5.41, 5.74) is 7.54. The molecule has 0 aliphatic carbocycles. The van der Waals surface area contributed by atoms with Gasteiger partial charge in [0.25, 0.3) is 0 Å². The van der Waals surface area contributed by atoms with Crippen LogP contribution in [-0.2, 0) is 9.53 Å². The number of rotatable bonds is 6. The van der Waals surface area contributed by atoms with Crippen molar-refractivity contribution in [2.24, 2.45) is 5.73 Å². The van der Waals surface area contributed by atoms with Gasteiger partial charge in [0.1, 0.15) is 12.6 Å². The highest BCUT2D eigenvalue weighted by atomic mass is 16.6. The summed E-state index contributed by atoms with van der Waals surface area (Å²) >= 11 is 0. The number of anilines is 3. The van der Waals surface area contributed by atoms with Gasteiger partial charge < -0.3 is 21.1 Å². The van der Waals surface area contributed by atoms with Gasteiger partial charge in [-0.1, -0.05) is 6.07 Å². The predicted molar refractivity (Wildman–Crippen MR) is 102 cm³/mol. The Morgan fingerprint density at radius 1 is 1.15 bits per heavy atom. The molecule has 1 aliphatic rings. The molecule has 0 saturated carbocycles. The number of nitrogens with two attached hydrogens (primary N) is 1. The number of carbonyl (C=O) groups excluding carboxylic acids is 3. The van der Waals surface area contributed by atoms with Gasteiger partial charge >= 0.3 is 6.09 Å². The minimum absolute atomic E-state index is 0.243. The van der Waals surface area contributed by atoms with Crippen LogP contribution in [0.25, 0.3) is 0 Å². The molecule has 1 saturated heterocycles. The van der Waals surface area contributed by atoms with E-state index in [4.69, 9.17) is 10.5 Å². The van der Waals surface area contributed by atoms with E-state index in [1.807, 2.05) is 12.1 Å². The molecule has 2 aromatic rings.